The first kappa shape index (κ1) is 15.6. The summed E-state index contributed by atoms with van der Waals surface area (Å²) in [5.41, 5.74) is 2.33. The second kappa shape index (κ2) is 5.89. The number of hydrogen-bond donors (Lipinski definition) is 1. The van der Waals surface area contributed by atoms with Crippen LogP contribution in [0.4, 0.5) is 0 Å². The lowest BCUT2D eigenvalue weighted by Gasteiger charge is -2.46. The topological polar surface area (TPSA) is 12.0 Å². The maximum Gasteiger partial charge on any atom is 0.0320 e. The van der Waals surface area contributed by atoms with Gasteiger partial charge in [-0.25, -0.2) is 0 Å². The summed E-state index contributed by atoms with van der Waals surface area (Å²) in [6.07, 6.45) is 5.07. The van der Waals surface area contributed by atoms with Crippen molar-refractivity contribution in [1.29, 1.82) is 0 Å². The molecule has 2 rings (SSSR count). The first-order chi connectivity index (χ1) is 9.31. The lowest BCUT2D eigenvalue weighted by atomic mass is 9.63. The molecule has 1 unspecified atom stereocenters. The van der Waals surface area contributed by atoms with Gasteiger partial charge in [0.2, 0.25) is 0 Å². The highest BCUT2D eigenvalue weighted by Crippen LogP contribution is 2.46. The molecule has 1 aromatic rings. The van der Waals surface area contributed by atoms with Crippen LogP contribution in [0.2, 0.25) is 0 Å². The van der Waals surface area contributed by atoms with E-state index in [1.165, 1.54) is 24.8 Å². The summed E-state index contributed by atoms with van der Waals surface area (Å²) in [4.78, 5) is 0. The SMILES string of the molecule is CCC(NC1CC(C)(C)CC(C)(C)C1)c1ccccc1. The van der Waals surface area contributed by atoms with Gasteiger partial charge >= 0.3 is 0 Å². The largest absolute Gasteiger partial charge is 0.307 e. The summed E-state index contributed by atoms with van der Waals surface area (Å²) in [6.45, 7) is 12.0. The molecule has 0 radical (unpaired) electrons. The third kappa shape index (κ3) is 4.09. The highest BCUT2D eigenvalue weighted by molar-refractivity contribution is 5.19. The van der Waals surface area contributed by atoms with Crippen molar-refractivity contribution in [2.75, 3.05) is 0 Å². The molecule has 1 atom stereocenters. The third-order valence-corrected chi connectivity index (χ3v) is 4.60. The molecular weight excluding hydrogens is 242 g/mol. The molecule has 1 fully saturated rings. The van der Waals surface area contributed by atoms with Crippen LogP contribution in [0.15, 0.2) is 30.3 Å². The molecule has 0 bridgehead atoms. The molecule has 1 aromatic carbocycles. The quantitative estimate of drug-likeness (QED) is 0.781. The third-order valence-electron chi connectivity index (χ3n) is 4.60. The second-order valence-corrected chi connectivity index (χ2v) is 8.15. The summed E-state index contributed by atoms with van der Waals surface area (Å²) >= 11 is 0. The average molecular weight is 273 g/mol. The number of nitrogens with one attached hydrogen (secondary N) is 1. The van der Waals surface area contributed by atoms with Crippen molar-refractivity contribution in [3.05, 3.63) is 35.9 Å². The molecule has 1 N–H and O–H groups in total. The van der Waals surface area contributed by atoms with Crippen molar-refractivity contribution in [3.8, 4) is 0 Å². The fourth-order valence-electron chi connectivity index (χ4n) is 4.38. The van der Waals surface area contributed by atoms with Crippen LogP contribution in [0.25, 0.3) is 0 Å². The van der Waals surface area contributed by atoms with Gasteiger partial charge < -0.3 is 5.32 Å². The van der Waals surface area contributed by atoms with Gasteiger partial charge in [-0.3, -0.25) is 0 Å². The zero-order valence-electron chi connectivity index (χ0n) is 13.9. The minimum Gasteiger partial charge on any atom is -0.307 e. The van der Waals surface area contributed by atoms with E-state index >= 15 is 0 Å². The Bertz CT molecular complexity index is 403. The zero-order valence-corrected chi connectivity index (χ0v) is 13.9. The van der Waals surface area contributed by atoms with Gasteiger partial charge in [0.15, 0.2) is 0 Å². The Hall–Kier alpha value is -0.820. The van der Waals surface area contributed by atoms with E-state index in [2.05, 4.69) is 70.3 Å². The van der Waals surface area contributed by atoms with Crippen molar-refractivity contribution in [1.82, 2.24) is 5.32 Å². The Morgan fingerprint density at radius 2 is 1.60 bits per heavy atom. The molecule has 1 nitrogen and oxygen atoms in total. The van der Waals surface area contributed by atoms with E-state index in [1.54, 1.807) is 0 Å². The molecule has 1 aliphatic carbocycles. The Kier molecular flexibility index (Phi) is 4.59. The standard InChI is InChI=1S/C19H31N/c1-6-17(15-10-8-7-9-11-15)20-16-12-18(2,3)14-19(4,5)13-16/h7-11,16-17,20H,6,12-14H2,1-5H3. The molecule has 1 aliphatic rings. The predicted octanol–water partition coefficient (Wildman–Crippen LogP) is 5.33. The van der Waals surface area contributed by atoms with Crippen molar-refractivity contribution in [2.24, 2.45) is 10.8 Å². The van der Waals surface area contributed by atoms with Crippen LogP contribution < -0.4 is 5.32 Å². The monoisotopic (exact) mass is 273 g/mol. The number of hydrogen-bond acceptors (Lipinski definition) is 1. The molecule has 0 spiro atoms. The minimum absolute atomic E-state index is 0.453. The highest BCUT2D eigenvalue weighted by Gasteiger charge is 2.38. The predicted molar refractivity (Wildman–Crippen MR) is 87.8 cm³/mol. The van der Waals surface area contributed by atoms with Crippen LogP contribution in [0, 0.1) is 10.8 Å². The van der Waals surface area contributed by atoms with E-state index in [0.29, 0.717) is 22.9 Å². The molecule has 0 saturated heterocycles. The van der Waals surface area contributed by atoms with Gasteiger partial charge in [-0.05, 0) is 42.1 Å². The van der Waals surface area contributed by atoms with Crippen LogP contribution in [-0.2, 0) is 0 Å². The molecule has 1 saturated carbocycles. The Morgan fingerprint density at radius 3 is 2.10 bits per heavy atom. The van der Waals surface area contributed by atoms with Gasteiger partial charge in [0, 0.05) is 12.1 Å². The molecule has 20 heavy (non-hydrogen) atoms. The number of benzene rings is 1. The lowest BCUT2D eigenvalue weighted by molar-refractivity contribution is 0.0799. The van der Waals surface area contributed by atoms with Gasteiger partial charge in [-0.2, -0.15) is 0 Å². The van der Waals surface area contributed by atoms with E-state index in [1.807, 2.05) is 0 Å². The molecule has 0 amide bonds. The van der Waals surface area contributed by atoms with Gasteiger partial charge in [-0.15, -0.1) is 0 Å². The summed E-state index contributed by atoms with van der Waals surface area (Å²) in [5, 5.41) is 3.93. The molecule has 0 aliphatic heterocycles. The Morgan fingerprint density at radius 1 is 1.05 bits per heavy atom. The zero-order chi connectivity index (χ0) is 14.8. The van der Waals surface area contributed by atoms with Gasteiger partial charge in [0.1, 0.15) is 0 Å². The average Bonchev–Trinajstić information content (AvgIpc) is 2.33. The first-order valence-corrected chi connectivity index (χ1v) is 8.12. The van der Waals surface area contributed by atoms with E-state index in [0.717, 1.165) is 6.42 Å². The maximum absolute atomic E-state index is 3.93. The van der Waals surface area contributed by atoms with Gasteiger partial charge in [0.05, 0.1) is 0 Å². The smallest absolute Gasteiger partial charge is 0.0320 e. The van der Waals surface area contributed by atoms with Crippen LogP contribution in [-0.4, -0.2) is 6.04 Å². The molecule has 1 heteroatoms. The Balaban J connectivity index is 2.08. The summed E-state index contributed by atoms with van der Waals surface area (Å²) in [7, 11) is 0. The second-order valence-electron chi connectivity index (χ2n) is 8.15. The summed E-state index contributed by atoms with van der Waals surface area (Å²) in [6, 6.07) is 12.0. The first-order valence-electron chi connectivity index (χ1n) is 8.12. The van der Waals surface area contributed by atoms with E-state index in [9.17, 15) is 0 Å². The highest BCUT2D eigenvalue weighted by atomic mass is 15.0. The lowest BCUT2D eigenvalue weighted by Crippen LogP contribution is -2.45. The molecule has 112 valence electrons. The van der Waals surface area contributed by atoms with Gasteiger partial charge in [0.25, 0.3) is 0 Å². The van der Waals surface area contributed by atoms with E-state index in [4.69, 9.17) is 0 Å². The van der Waals surface area contributed by atoms with Crippen LogP contribution in [0.1, 0.15) is 71.9 Å². The van der Waals surface area contributed by atoms with Crippen LogP contribution >= 0.6 is 0 Å². The van der Waals surface area contributed by atoms with Crippen molar-refractivity contribution < 1.29 is 0 Å². The molecular formula is C19H31N. The summed E-state index contributed by atoms with van der Waals surface area (Å²) in [5.74, 6) is 0. The fraction of sp³-hybridized carbons (Fsp3) is 0.684. The normalized spacial score (nSPS) is 23.4. The maximum atomic E-state index is 3.93. The Labute approximate surface area is 125 Å². The van der Waals surface area contributed by atoms with E-state index < -0.39 is 0 Å². The van der Waals surface area contributed by atoms with Crippen LogP contribution in [0.5, 0.6) is 0 Å². The van der Waals surface area contributed by atoms with Gasteiger partial charge in [-0.1, -0.05) is 65.0 Å². The van der Waals surface area contributed by atoms with Crippen molar-refractivity contribution >= 4 is 0 Å². The molecule has 0 aromatic heterocycles. The molecule has 0 heterocycles. The van der Waals surface area contributed by atoms with Crippen LogP contribution in [0.3, 0.4) is 0 Å². The fourth-order valence-corrected chi connectivity index (χ4v) is 4.38. The number of rotatable bonds is 4. The summed E-state index contributed by atoms with van der Waals surface area (Å²) < 4.78 is 0. The van der Waals surface area contributed by atoms with Crippen molar-refractivity contribution in [3.63, 3.8) is 0 Å². The van der Waals surface area contributed by atoms with E-state index in [-0.39, 0.29) is 0 Å². The van der Waals surface area contributed by atoms with Crippen molar-refractivity contribution in [2.45, 2.75) is 72.4 Å². The minimum atomic E-state index is 0.453.